The smallest absolute Gasteiger partial charge is 0.417 e. The number of benzene rings is 4. The van der Waals surface area contributed by atoms with Crippen molar-refractivity contribution < 1.29 is 56.4 Å². The molecular formula is C33H27Cl2F3N2O9. The lowest BCUT2D eigenvalue weighted by Crippen LogP contribution is -2.23. The summed E-state index contributed by atoms with van der Waals surface area (Å²) in [7, 11) is 1.27. The summed E-state index contributed by atoms with van der Waals surface area (Å²) in [5, 5.41) is 13.6. The van der Waals surface area contributed by atoms with Crippen LogP contribution in [0.3, 0.4) is 0 Å². The van der Waals surface area contributed by atoms with Crippen LogP contribution < -0.4 is 20.1 Å². The fourth-order valence-corrected chi connectivity index (χ4v) is 4.08. The van der Waals surface area contributed by atoms with Crippen LogP contribution in [-0.4, -0.2) is 42.4 Å². The van der Waals surface area contributed by atoms with Crippen molar-refractivity contribution in [3.63, 3.8) is 0 Å². The van der Waals surface area contributed by atoms with Crippen molar-refractivity contribution in [2.75, 3.05) is 17.7 Å². The number of carboxylic acid groups (broad SMARTS) is 1. The van der Waals surface area contributed by atoms with Gasteiger partial charge in [0.05, 0.1) is 28.3 Å². The minimum absolute atomic E-state index is 0.0246. The monoisotopic (exact) mass is 722 g/mol. The van der Waals surface area contributed by atoms with Gasteiger partial charge in [0, 0.05) is 17.4 Å². The van der Waals surface area contributed by atoms with E-state index in [-0.39, 0.29) is 27.1 Å². The van der Waals surface area contributed by atoms with Gasteiger partial charge in [0.1, 0.15) is 17.2 Å². The molecule has 258 valence electrons. The maximum absolute atomic E-state index is 12.7. The Bertz CT molecular complexity index is 1840. The van der Waals surface area contributed by atoms with Gasteiger partial charge in [-0.2, -0.15) is 13.2 Å². The van der Waals surface area contributed by atoms with Crippen molar-refractivity contribution in [3.05, 3.63) is 112 Å². The van der Waals surface area contributed by atoms with Gasteiger partial charge in [0.15, 0.2) is 6.10 Å². The van der Waals surface area contributed by atoms with Gasteiger partial charge in [-0.25, -0.2) is 19.2 Å². The summed E-state index contributed by atoms with van der Waals surface area (Å²) in [6.07, 6.45) is -7.16. The van der Waals surface area contributed by atoms with Crippen LogP contribution in [-0.2, 0) is 20.4 Å². The number of aryl methyl sites for hydroxylation is 1. The number of rotatable bonds is 8. The molecule has 11 nitrogen and oxygen atoms in total. The van der Waals surface area contributed by atoms with E-state index in [1.165, 1.54) is 25.3 Å². The third-order valence-corrected chi connectivity index (χ3v) is 6.64. The fourth-order valence-electron chi connectivity index (χ4n) is 3.67. The first-order chi connectivity index (χ1) is 23.0. The third kappa shape index (κ3) is 11.9. The maximum Gasteiger partial charge on any atom is 0.417 e. The van der Waals surface area contributed by atoms with Crippen LogP contribution in [0.5, 0.6) is 17.2 Å². The molecule has 4 rings (SSSR count). The van der Waals surface area contributed by atoms with E-state index in [1.54, 1.807) is 24.3 Å². The number of nitrogens with one attached hydrogen (secondary N) is 2. The molecule has 0 bridgehead atoms. The van der Waals surface area contributed by atoms with Crippen LogP contribution in [0.2, 0.25) is 10.0 Å². The van der Waals surface area contributed by atoms with Gasteiger partial charge in [-0.1, -0.05) is 41.4 Å². The number of carbonyl (C=O) groups is 4. The minimum atomic E-state index is -4.56. The fraction of sp³-hybridized carbons (Fsp3) is 0.152. The maximum atomic E-state index is 12.7. The van der Waals surface area contributed by atoms with Gasteiger partial charge in [0.2, 0.25) is 0 Å². The van der Waals surface area contributed by atoms with Crippen LogP contribution in [0.15, 0.2) is 84.9 Å². The average molecular weight is 723 g/mol. The molecule has 0 aromatic heterocycles. The predicted octanol–water partition coefficient (Wildman–Crippen LogP) is 9.22. The lowest BCUT2D eigenvalue weighted by Gasteiger charge is -2.13. The molecule has 16 heteroatoms. The lowest BCUT2D eigenvalue weighted by molar-refractivity contribution is -0.146. The number of ether oxygens (including phenoxy) is 4. The van der Waals surface area contributed by atoms with Crippen LogP contribution >= 0.6 is 23.2 Å². The molecule has 0 aliphatic heterocycles. The SMILES string of the molecule is COC(=O)Nc1cccc(OC(=O)Nc2cccc(C)c2)c1.C[C@H](OC(=O)c1cc(Oc2ccc(C(F)(F)F)cc2Cl)ccc1Cl)C(=O)O. The average Bonchev–Trinajstić information content (AvgIpc) is 3.02. The van der Waals surface area contributed by atoms with Gasteiger partial charge in [-0.3, -0.25) is 10.6 Å². The molecule has 49 heavy (non-hydrogen) atoms. The summed E-state index contributed by atoms with van der Waals surface area (Å²) in [6.45, 7) is 3.09. The van der Waals surface area contributed by atoms with E-state index in [0.29, 0.717) is 23.2 Å². The normalized spacial score (nSPS) is 11.2. The van der Waals surface area contributed by atoms with E-state index in [1.807, 2.05) is 25.1 Å². The molecule has 2 amide bonds. The Kier molecular flexibility index (Phi) is 13.2. The Morgan fingerprint density at radius 2 is 1.45 bits per heavy atom. The molecule has 0 saturated carbocycles. The van der Waals surface area contributed by atoms with Gasteiger partial charge in [0.25, 0.3) is 0 Å². The number of hydrogen-bond donors (Lipinski definition) is 3. The van der Waals surface area contributed by atoms with E-state index in [2.05, 4.69) is 15.4 Å². The van der Waals surface area contributed by atoms with E-state index >= 15 is 0 Å². The third-order valence-electron chi connectivity index (χ3n) is 6.02. The minimum Gasteiger partial charge on any atom is -0.479 e. The van der Waals surface area contributed by atoms with Crippen molar-refractivity contribution in [2.45, 2.75) is 26.1 Å². The molecule has 0 spiro atoms. The number of carbonyl (C=O) groups excluding carboxylic acids is 3. The molecular weight excluding hydrogens is 696 g/mol. The molecule has 0 fully saturated rings. The number of amides is 2. The van der Waals surface area contributed by atoms with Crippen molar-refractivity contribution in [1.82, 2.24) is 0 Å². The highest BCUT2D eigenvalue weighted by molar-refractivity contribution is 6.33. The molecule has 1 atom stereocenters. The first-order valence-corrected chi connectivity index (χ1v) is 14.6. The zero-order valence-electron chi connectivity index (χ0n) is 25.8. The summed E-state index contributed by atoms with van der Waals surface area (Å²) in [5.74, 6) is -2.08. The number of anilines is 2. The topological polar surface area (TPSA) is 149 Å². The van der Waals surface area contributed by atoms with E-state index < -0.39 is 42.0 Å². The standard InChI is InChI=1S/C17H11Cl2F3O5.C16H16N2O4/c1-8(15(23)24)26-16(25)11-7-10(3-4-12(11)18)27-14-5-2-9(6-13(14)19)17(20,21)22;1-11-5-3-6-12(9-11)18-16(20)22-14-8-4-7-13(10-14)17-15(19)21-2/h2-8H,1H3,(H,23,24);3-10H,1-2H3,(H,17,19)(H,18,20)/t8-;/m0./s1. The van der Waals surface area contributed by atoms with E-state index in [9.17, 15) is 32.3 Å². The second-order valence-electron chi connectivity index (χ2n) is 9.80. The quantitative estimate of drug-likeness (QED) is 0.151. The van der Waals surface area contributed by atoms with Gasteiger partial charge < -0.3 is 24.1 Å². The Morgan fingerprint density at radius 1 is 0.796 bits per heavy atom. The number of halogens is 5. The van der Waals surface area contributed by atoms with Crippen LogP contribution in [0.4, 0.5) is 34.1 Å². The molecule has 0 aliphatic carbocycles. The molecule has 0 aliphatic rings. The molecule has 0 unspecified atom stereocenters. The van der Waals surface area contributed by atoms with E-state index in [4.69, 9.17) is 42.5 Å². The number of esters is 1. The highest BCUT2D eigenvalue weighted by Gasteiger charge is 2.31. The molecule has 4 aromatic carbocycles. The Balaban J connectivity index is 0.000000271. The Morgan fingerprint density at radius 3 is 2.06 bits per heavy atom. The van der Waals surface area contributed by atoms with Gasteiger partial charge in [-0.15, -0.1) is 0 Å². The molecule has 3 N–H and O–H groups in total. The molecule has 4 aromatic rings. The van der Waals surface area contributed by atoms with E-state index in [0.717, 1.165) is 30.7 Å². The number of methoxy groups -OCH3 is 1. The Labute approximate surface area is 287 Å². The number of aliphatic carboxylic acids is 1. The highest BCUT2D eigenvalue weighted by Crippen LogP contribution is 2.37. The van der Waals surface area contributed by atoms with Crippen molar-refractivity contribution >= 4 is 58.7 Å². The first kappa shape index (κ1) is 38.0. The number of alkyl halides is 3. The molecule has 0 heterocycles. The second-order valence-corrected chi connectivity index (χ2v) is 10.6. The number of carboxylic acids is 1. The molecule has 0 radical (unpaired) electrons. The first-order valence-electron chi connectivity index (χ1n) is 13.8. The summed E-state index contributed by atoms with van der Waals surface area (Å²) in [5.41, 5.74) is 1.02. The highest BCUT2D eigenvalue weighted by atomic mass is 35.5. The van der Waals surface area contributed by atoms with Crippen LogP contribution in [0, 0.1) is 6.92 Å². The zero-order valence-corrected chi connectivity index (χ0v) is 27.3. The lowest BCUT2D eigenvalue weighted by atomic mass is 10.2. The van der Waals surface area contributed by atoms with Crippen molar-refractivity contribution in [2.24, 2.45) is 0 Å². The van der Waals surface area contributed by atoms with Gasteiger partial charge >= 0.3 is 30.3 Å². The second kappa shape index (κ2) is 17.1. The Hall–Kier alpha value is -5.47. The van der Waals surface area contributed by atoms with Crippen LogP contribution in [0.25, 0.3) is 0 Å². The van der Waals surface area contributed by atoms with Crippen molar-refractivity contribution in [1.29, 1.82) is 0 Å². The predicted molar refractivity (Wildman–Crippen MR) is 174 cm³/mol. The van der Waals surface area contributed by atoms with Gasteiger partial charge in [-0.05, 0) is 80.1 Å². The summed E-state index contributed by atoms with van der Waals surface area (Å²) in [4.78, 5) is 45.8. The van der Waals surface area contributed by atoms with Crippen molar-refractivity contribution in [3.8, 4) is 17.2 Å². The zero-order chi connectivity index (χ0) is 36.3. The number of hydrogen-bond acceptors (Lipinski definition) is 8. The largest absolute Gasteiger partial charge is 0.479 e. The van der Waals surface area contributed by atoms with Crippen LogP contribution in [0.1, 0.15) is 28.4 Å². The molecule has 0 saturated heterocycles. The summed E-state index contributed by atoms with van der Waals surface area (Å²) >= 11 is 11.7. The summed E-state index contributed by atoms with van der Waals surface area (Å²) in [6, 6.07) is 20.1. The summed E-state index contributed by atoms with van der Waals surface area (Å²) < 4.78 is 57.8.